The maximum atomic E-state index is 4.67. The van der Waals surface area contributed by atoms with E-state index in [4.69, 9.17) is 0 Å². The van der Waals surface area contributed by atoms with E-state index in [1.165, 1.54) is 16.8 Å². The molecule has 0 aromatic carbocycles. The van der Waals surface area contributed by atoms with Crippen molar-refractivity contribution in [1.29, 1.82) is 0 Å². The molecule has 0 N–H and O–H groups in total. The summed E-state index contributed by atoms with van der Waals surface area (Å²) in [7, 11) is 0. The van der Waals surface area contributed by atoms with E-state index >= 15 is 0 Å². The normalized spacial score (nSPS) is 10.6. The first-order valence-corrected chi connectivity index (χ1v) is 6.60. The van der Waals surface area contributed by atoms with Crippen molar-refractivity contribution in [2.45, 2.75) is 33.1 Å². The second-order valence-electron chi connectivity index (χ2n) is 3.78. The van der Waals surface area contributed by atoms with Crippen LogP contribution in [0.4, 0.5) is 0 Å². The first kappa shape index (κ1) is 11.3. The molecule has 3 heteroatoms. The van der Waals surface area contributed by atoms with E-state index in [0.29, 0.717) is 0 Å². The Hall–Kier alpha value is -1.22. The zero-order valence-corrected chi connectivity index (χ0v) is 10.5. The second-order valence-corrected chi connectivity index (χ2v) is 4.64. The highest BCUT2D eigenvalue weighted by molar-refractivity contribution is 7.13. The Kier molecular flexibility index (Phi) is 3.67. The highest BCUT2D eigenvalue weighted by Crippen LogP contribution is 2.27. The largest absolute Gasteiger partial charge is 0.264 e. The Labute approximate surface area is 100 Å². The van der Waals surface area contributed by atoms with Gasteiger partial charge in [-0.2, -0.15) is 0 Å². The fraction of sp³-hybridized carbons (Fsp3) is 0.385. The predicted octanol–water partition coefficient (Wildman–Crippen LogP) is 3.72. The minimum absolute atomic E-state index is 1.01. The third-order valence-electron chi connectivity index (χ3n) is 2.57. The van der Waals surface area contributed by atoms with Gasteiger partial charge in [0.05, 0.1) is 5.69 Å². The van der Waals surface area contributed by atoms with Crippen molar-refractivity contribution >= 4 is 11.3 Å². The highest BCUT2D eigenvalue weighted by atomic mass is 32.1. The number of aromatic nitrogens is 2. The van der Waals surface area contributed by atoms with Gasteiger partial charge in [-0.25, -0.2) is 4.98 Å². The van der Waals surface area contributed by atoms with Gasteiger partial charge in [-0.3, -0.25) is 4.98 Å². The quantitative estimate of drug-likeness (QED) is 0.803. The van der Waals surface area contributed by atoms with Crippen molar-refractivity contribution in [2.75, 3.05) is 0 Å². The van der Waals surface area contributed by atoms with Crippen LogP contribution in [-0.4, -0.2) is 9.97 Å². The number of hydrogen-bond acceptors (Lipinski definition) is 3. The molecule has 0 aliphatic carbocycles. The van der Waals surface area contributed by atoms with Gasteiger partial charge < -0.3 is 0 Å². The van der Waals surface area contributed by atoms with Crippen molar-refractivity contribution in [2.24, 2.45) is 0 Å². The molecule has 0 aliphatic heterocycles. The molecular weight excluding hydrogens is 216 g/mol. The SMILES string of the molecule is CCCc1csc(-c2ccncc2CC)n1. The van der Waals surface area contributed by atoms with Crippen molar-refractivity contribution in [3.63, 3.8) is 0 Å². The summed E-state index contributed by atoms with van der Waals surface area (Å²) in [6.45, 7) is 4.34. The standard InChI is InChI=1S/C13H16N2S/c1-3-5-11-9-16-13(15-11)12-6-7-14-8-10(12)4-2/h6-9H,3-5H2,1-2H3. The Morgan fingerprint density at radius 2 is 2.19 bits per heavy atom. The molecule has 0 amide bonds. The van der Waals surface area contributed by atoms with E-state index in [1.54, 1.807) is 11.3 Å². The van der Waals surface area contributed by atoms with Crippen LogP contribution in [0.15, 0.2) is 23.8 Å². The smallest absolute Gasteiger partial charge is 0.123 e. The lowest BCUT2D eigenvalue weighted by atomic mass is 10.1. The zero-order chi connectivity index (χ0) is 11.4. The molecule has 2 nitrogen and oxygen atoms in total. The average molecular weight is 232 g/mol. The number of hydrogen-bond donors (Lipinski definition) is 0. The summed E-state index contributed by atoms with van der Waals surface area (Å²) < 4.78 is 0. The third-order valence-corrected chi connectivity index (χ3v) is 3.50. The summed E-state index contributed by atoms with van der Waals surface area (Å²) >= 11 is 1.73. The number of thiazole rings is 1. The molecule has 84 valence electrons. The van der Waals surface area contributed by atoms with E-state index in [-0.39, 0.29) is 0 Å². The van der Waals surface area contributed by atoms with Crippen molar-refractivity contribution in [3.8, 4) is 10.6 Å². The van der Waals surface area contributed by atoms with E-state index in [2.05, 4.69) is 35.3 Å². The molecule has 2 rings (SSSR count). The summed E-state index contributed by atoms with van der Waals surface area (Å²) in [5.41, 5.74) is 3.73. The van der Waals surface area contributed by atoms with Gasteiger partial charge in [0.2, 0.25) is 0 Å². The minimum atomic E-state index is 1.01. The Bertz CT molecular complexity index is 462. The summed E-state index contributed by atoms with van der Waals surface area (Å²) in [6, 6.07) is 2.06. The van der Waals surface area contributed by atoms with Gasteiger partial charge in [-0.05, 0) is 24.5 Å². The lowest BCUT2D eigenvalue weighted by Crippen LogP contribution is -1.89. The van der Waals surface area contributed by atoms with Crippen molar-refractivity contribution in [1.82, 2.24) is 9.97 Å². The maximum absolute atomic E-state index is 4.67. The van der Waals surface area contributed by atoms with Gasteiger partial charge in [0.15, 0.2) is 0 Å². The molecule has 0 atom stereocenters. The molecule has 0 fully saturated rings. The number of aryl methyl sites for hydroxylation is 2. The first-order chi connectivity index (χ1) is 7.85. The number of pyridine rings is 1. The van der Waals surface area contributed by atoms with Crippen LogP contribution in [0.1, 0.15) is 31.5 Å². The van der Waals surface area contributed by atoms with Crippen molar-refractivity contribution < 1.29 is 0 Å². The fourth-order valence-electron chi connectivity index (χ4n) is 1.72. The Balaban J connectivity index is 2.34. The molecule has 0 spiro atoms. The lowest BCUT2D eigenvalue weighted by Gasteiger charge is -2.02. The molecule has 0 unspecified atom stereocenters. The Morgan fingerprint density at radius 3 is 2.94 bits per heavy atom. The molecule has 2 aromatic heterocycles. The van der Waals surface area contributed by atoms with E-state index in [0.717, 1.165) is 24.3 Å². The van der Waals surface area contributed by atoms with Gasteiger partial charge in [-0.15, -0.1) is 11.3 Å². The number of rotatable bonds is 4. The monoisotopic (exact) mass is 232 g/mol. The summed E-state index contributed by atoms with van der Waals surface area (Å²) in [5, 5.41) is 3.29. The second kappa shape index (κ2) is 5.21. The van der Waals surface area contributed by atoms with Crippen LogP contribution in [0.2, 0.25) is 0 Å². The van der Waals surface area contributed by atoms with E-state index in [1.807, 2.05) is 12.4 Å². The van der Waals surface area contributed by atoms with Gasteiger partial charge in [-0.1, -0.05) is 20.3 Å². The van der Waals surface area contributed by atoms with E-state index < -0.39 is 0 Å². The first-order valence-electron chi connectivity index (χ1n) is 5.72. The van der Waals surface area contributed by atoms with Crippen LogP contribution < -0.4 is 0 Å². The zero-order valence-electron chi connectivity index (χ0n) is 9.73. The van der Waals surface area contributed by atoms with Gasteiger partial charge >= 0.3 is 0 Å². The predicted molar refractivity (Wildman–Crippen MR) is 68.7 cm³/mol. The maximum Gasteiger partial charge on any atom is 0.123 e. The van der Waals surface area contributed by atoms with Crippen LogP contribution in [0, 0.1) is 0 Å². The van der Waals surface area contributed by atoms with Gasteiger partial charge in [0.1, 0.15) is 5.01 Å². The molecule has 0 aliphatic rings. The van der Waals surface area contributed by atoms with E-state index in [9.17, 15) is 0 Å². The molecule has 2 heterocycles. The minimum Gasteiger partial charge on any atom is -0.264 e. The molecule has 0 bridgehead atoms. The lowest BCUT2D eigenvalue weighted by molar-refractivity contribution is 0.893. The molecular formula is C13H16N2S. The molecule has 16 heavy (non-hydrogen) atoms. The fourth-order valence-corrected chi connectivity index (χ4v) is 2.63. The molecule has 0 saturated carbocycles. The summed E-state index contributed by atoms with van der Waals surface area (Å²) in [4.78, 5) is 8.83. The van der Waals surface area contributed by atoms with Gasteiger partial charge in [0, 0.05) is 23.3 Å². The molecule has 0 radical (unpaired) electrons. The van der Waals surface area contributed by atoms with Crippen LogP contribution in [0.25, 0.3) is 10.6 Å². The van der Waals surface area contributed by atoms with Gasteiger partial charge in [0.25, 0.3) is 0 Å². The summed E-state index contributed by atoms with van der Waals surface area (Å²) in [6.07, 6.45) is 7.01. The average Bonchev–Trinajstić information content (AvgIpc) is 2.78. The van der Waals surface area contributed by atoms with Crippen LogP contribution >= 0.6 is 11.3 Å². The molecule has 2 aromatic rings. The third kappa shape index (κ3) is 2.30. The number of nitrogens with zero attached hydrogens (tertiary/aromatic N) is 2. The van der Waals surface area contributed by atoms with Crippen LogP contribution in [0.5, 0.6) is 0 Å². The van der Waals surface area contributed by atoms with Crippen molar-refractivity contribution in [3.05, 3.63) is 35.1 Å². The van der Waals surface area contributed by atoms with Crippen LogP contribution in [-0.2, 0) is 12.8 Å². The summed E-state index contributed by atoms with van der Waals surface area (Å²) in [5.74, 6) is 0. The highest BCUT2D eigenvalue weighted by Gasteiger charge is 2.07. The Morgan fingerprint density at radius 1 is 1.31 bits per heavy atom. The molecule has 0 saturated heterocycles. The van der Waals surface area contributed by atoms with Crippen LogP contribution in [0.3, 0.4) is 0 Å². The topological polar surface area (TPSA) is 25.8 Å².